The quantitative estimate of drug-likeness (QED) is 0.0883. The number of phenols is 3. The summed E-state index contributed by atoms with van der Waals surface area (Å²) in [6, 6.07) is 0. The molecule has 0 spiro atoms. The number of aliphatic hydroxyl groups is 2. The van der Waals surface area contributed by atoms with Crippen LogP contribution in [0.25, 0.3) is 10.8 Å². The Morgan fingerprint density at radius 1 is 0.933 bits per heavy atom. The van der Waals surface area contributed by atoms with Crippen LogP contribution in [0.4, 0.5) is 11.4 Å². The SMILES string of the molecule is CO[C@H]1/C=C/O[C@@H](C)Oc2c(C)c(O)c3c(O)c(c(N4CCN(CC(C)C)CC4)c(O)c3c2C=O)NC(=O)/C(C)=C\C=C\[C@H](C)[C@H](O)[C@@H](C)[C@@H](O)[C@@H](C)[C@H](OC(C)=O)[C@@H]1C. The van der Waals surface area contributed by atoms with Crippen LogP contribution < -0.4 is 15.0 Å². The molecule has 0 aromatic heterocycles. The first-order valence-electron chi connectivity index (χ1n) is 20.7. The number of phenolic OH excluding ortho intramolecular Hbond substituents is 3. The van der Waals surface area contributed by atoms with E-state index < -0.39 is 83.5 Å². The van der Waals surface area contributed by atoms with Gasteiger partial charge in [-0.2, -0.15) is 0 Å². The molecule has 3 aliphatic rings. The van der Waals surface area contributed by atoms with Crippen LogP contribution in [-0.4, -0.2) is 119 Å². The number of ether oxygens (including phenoxy) is 4. The lowest BCUT2D eigenvalue weighted by Gasteiger charge is -2.38. The standard InChI is InChI=1S/C45H65N3O12/c1-23(2)21-47-16-18-48(19-17-47)37-36-41(54)35-34(42(37)55)32(22-49)44(29(8)40(35)53)60-31(10)58-20-15-33(57-11)26(5)43(59-30(9)50)28(7)39(52)27(6)38(51)24(3)13-12-14-25(4)45(56)46-36/h12-15,20,22-24,26-28,31,33,38-39,43,51-55H,16-19,21H2,1-11H3,(H,46,56)/b13-12+,20-15+,25-14-/t24-,26+,27+,28+,31+,33-,38-,39+,43+/m0/s1. The fraction of sp³-hybridized carbons (Fsp3) is 0.578. The van der Waals surface area contributed by atoms with Crippen LogP contribution in [0.2, 0.25) is 0 Å². The predicted octanol–water partition coefficient (Wildman–Crippen LogP) is 5.78. The monoisotopic (exact) mass is 839 g/mol. The van der Waals surface area contributed by atoms with Gasteiger partial charge in [0, 0.05) is 93.9 Å². The van der Waals surface area contributed by atoms with E-state index in [2.05, 4.69) is 24.1 Å². The number of hydrogen-bond acceptors (Lipinski definition) is 14. The summed E-state index contributed by atoms with van der Waals surface area (Å²) in [6.45, 7) is 20.0. The van der Waals surface area contributed by atoms with Crippen molar-refractivity contribution in [1.82, 2.24) is 4.90 Å². The highest BCUT2D eigenvalue weighted by atomic mass is 16.7. The zero-order valence-electron chi connectivity index (χ0n) is 36.8. The van der Waals surface area contributed by atoms with Gasteiger partial charge in [0.05, 0.1) is 35.5 Å². The molecule has 0 unspecified atom stereocenters. The molecule has 0 saturated carbocycles. The molecule has 5 rings (SSSR count). The number of amides is 1. The van der Waals surface area contributed by atoms with Crippen LogP contribution in [0.3, 0.4) is 0 Å². The van der Waals surface area contributed by atoms with E-state index in [1.807, 2.05) is 4.90 Å². The highest BCUT2D eigenvalue weighted by Crippen LogP contribution is 2.55. The minimum absolute atomic E-state index is 0.0588. The molecule has 2 aromatic carbocycles. The summed E-state index contributed by atoms with van der Waals surface area (Å²) in [6.07, 6.45) is 3.42. The summed E-state index contributed by atoms with van der Waals surface area (Å²) in [7, 11) is 1.47. The first kappa shape index (κ1) is 47.8. The summed E-state index contributed by atoms with van der Waals surface area (Å²) in [4.78, 5) is 43.2. The Labute approximate surface area is 353 Å². The Hall–Kier alpha value is -4.83. The van der Waals surface area contributed by atoms with E-state index >= 15 is 0 Å². The van der Waals surface area contributed by atoms with Gasteiger partial charge in [-0.15, -0.1) is 0 Å². The number of carbonyl (C=O) groups is 3. The van der Waals surface area contributed by atoms with Crippen molar-refractivity contribution in [3.05, 3.63) is 47.3 Å². The van der Waals surface area contributed by atoms with E-state index in [-0.39, 0.29) is 44.6 Å². The number of methoxy groups -OCH3 is 1. The third-order valence-corrected chi connectivity index (χ3v) is 11.8. The van der Waals surface area contributed by atoms with Gasteiger partial charge < -0.3 is 54.7 Å². The summed E-state index contributed by atoms with van der Waals surface area (Å²) >= 11 is 0. The largest absolute Gasteiger partial charge is 0.507 e. The van der Waals surface area contributed by atoms with Gasteiger partial charge in [0.25, 0.3) is 5.91 Å². The zero-order chi connectivity index (χ0) is 44.7. The van der Waals surface area contributed by atoms with E-state index in [1.165, 1.54) is 33.3 Å². The van der Waals surface area contributed by atoms with Crippen LogP contribution in [0.15, 0.2) is 36.1 Å². The van der Waals surface area contributed by atoms with Crippen molar-refractivity contribution in [2.75, 3.05) is 50.1 Å². The molecule has 3 heterocycles. The van der Waals surface area contributed by atoms with Crippen LogP contribution >= 0.6 is 0 Å². The van der Waals surface area contributed by atoms with E-state index in [1.54, 1.807) is 59.8 Å². The van der Waals surface area contributed by atoms with Crippen LogP contribution in [0.1, 0.15) is 78.2 Å². The predicted molar refractivity (Wildman–Crippen MR) is 229 cm³/mol. The van der Waals surface area contributed by atoms with Crippen molar-refractivity contribution in [2.45, 2.75) is 99.9 Å². The first-order chi connectivity index (χ1) is 28.2. The Bertz CT molecular complexity index is 1950. The number of fused-ring (bicyclic) bond motifs is 17. The smallest absolute Gasteiger partial charge is 0.302 e. The summed E-state index contributed by atoms with van der Waals surface area (Å²) in [5.74, 6) is -4.72. The molecule has 332 valence electrons. The lowest BCUT2D eigenvalue weighted by Crippen LogP contribution is -2.47. The van der Waals surface area contributed by atoms with Gasteiger partial charge in [-0.3, -0.25) is 19.3 Å². The number of allylic oxidation sites excluding steroid dienone is 2. The second kappa shape index (κ2) is 20.6. The molecular formula is C45H65N3O12. The lowest BCUT2D eigenvalue weighted by atomic mass is 9.78. The second-order valence-corrected chi connectivity index (χ2v) is 16.7. The van der Waals surface area contributed by atoms with Crippen molar-refractivity contribution in [3.8, 4) is 23.0 Å². The molecule has 3 aliphatic heterocycles. The van der Waals surface area contributed by atoms with Gasteiger partial charge in [0.1, 0.15) is 34.7 Å². The van der Waals surface area contributed by atoms with Crippen molar-refractivity contribution in [1.29, 1.82) is 0 Å². The summed E-state index contributed by atoms with van der Waals surface area (Å²) in [5.41, 5.74) is 0.0201. The zero-order valence-corrected chi connectivity index (χ0v) is 36.8. The fourth-order valence-corrected chi connectivity index (χ4v) is 8.27. The molecule has 15 heteroatoms. The molecule has 0 aliphatic carbocycles. The molecule has 4 bridgehead atoms. The number of benzene rings is 2. The normalized spacial score (nSPS) is 29.8. The van der Waals surface area contributed by atoms with E-state index in [0.29, 0.717) is 38.4 Å². The number of nitrogens with zero attached hydrogens (tertiary/aromatic N) is 2. The number of anilines is 2. The number of aliphatic hydroxyl groups excluding tert-OH is 2. The Balaban J connectivity index is 1.92. The van der Waals surface area contributed by atoms with Gasteiger partial charge in [-0.05, 0) is 25.8 Å². The van der Waals surface area contributed by atoms with Crippen molar-refractivity contribution >= 4 is 40.3 Å². The molecular weight excluding hydrogens is 775 g/mol. The average molecular weight is 840 g/mol. The van der Waals surface area contributed by atoms with Crippen molar-refractivity contribution in [3.63, 3.8) is 0 Å². The lowest BCUT2D eigenvalue weighted by molar-refractivity contribution is -0.160. The third kappa shape index (κ3) is 10.5. The maximum Gasteiger partial charge on any atom is 0.302 e. The molecule has 1 amide bonds. The van der Waals surface area contributed by atoms with E-state index in [4.69, 9.17) is 18.9 Å². The number of esters is 1. The molecule has 9 atom stereocenters. The summed E-state index contributed by atoms with van der Waals surface area (Å²) < 4.78 is 23.5. The molecule has 15 nitrogen and oxygen atoms in total. The molecule has 1 fully saturated rings. The van der Waals surface area contributed by atoms with Gasteiger partial charge in [-0.25, -0.2) is 0 Å². The van der Waals surface area contributed by atoms with Crippen LogP contribution in [-0.2, 0) is 23.8 Å². The highest BCUT2D eigenvalue weighted by molar-refractivity contribution is 6.18. The summed E-state index contributed by atoms with van der Waals surface area (Å²) in [5, 5.41) is 61.0. The van der Waals surface area contributed by atoms with E-state index in [9.17, 15) is 39.9 Å². The van der Waals surface area contributed by atoms with Gasteiger partial charge in [0.15, 0.2) is 12.0 Å². The number of nitrogens with one attached hydrogen (secondary N) is 1. The Morgan fingerprint density at radius 2 is 1.58 bits per heavy atom. The van der Waals surface area contributed by atoms with Crippen molar-refractivity contribution < 1.29 is 58.9 Å². The van der Waals surface area contributed by atoms with Gasteiger partial charge >= 0.3 is 5.97 Å². The molecule has 60 heavy (non-hydrogen) atoms. The number of rotatable bonds is 6. The number of aldehydes is 1. The maximum atomic E-state index is 13.8. The maximum absolute atomic E-state index is 13.8. The molecule has 6 N–H and O–H groups in total. The van der Waals surface area contributed by atoms with Crippen LogP contribution in [0, 0.1) is 36.5 Å². The van der Waals surface area contributed by atoms with E-state index in [0.717, 1.165) is 6.54 Å². The van der Waals surface area contributed by atoms with Crippen LogP contribution in [0.5, 0.6) is 23.0 Å². The minimum Gasteiger partial charge on any atom is -0.507 e. The number of piperazine rings is 1. The molecule has 1 saturated heterocycles. The topological polar surface area (TPSA) is 208 Å². The highest BCUT2D eigenvalue weighted by Gasteiger charge is 2.39. The molecule has 2 aromatic rings. The average Bonchev–Trinajstić information content (AvgIpc) is 3.20. The minimum atomic E-state index is -1.11. The number of hydrogen-bond donors (Lipinski definition) is 6. The third-order valence-electron chi connectivity index (χ3n) is 11.8. The fourth-order valence-electron chi connectivity index (χ4n) is 8.27. The number of aromatic hydroxyl groups is 3. The van der Waals surface area contributed by atoms with Gasteiger partial charge in [-0.1, -0.05) is 59.8 Å². The second-order valence-electron chi connectivity index (χ2n) is 16.7. The van der Waals surface area contributed by atoms with Gasteiger partial charge in [0.2, 0.25) is 6.29 Å². The molecule has 0 radical (unpaired) electrons. The Morgan fingerprint density at radius 3 is 2.17 bits per heavy atom. The first-order valence-corrected chi connectivity index (χ1v) is 20.7. The number of carbonyl (C=O) groups excluding carboxylic acids is 3. The Kier molecular flexibility index (Phi) is 16.4. The van der Waals surface area contributed by atoms with Crippen molar-refractivity contribution in [2.24, 2.45) is 29.6 Å².